The van der Waals surface area contributed by atoms with Crippen LogP contribution in [-0.4, -0.2) is 29.7 Å². The molecule has 0 spiro atoms. The summed E-state index contributed by atoms with van der Waals surface area (Å²) in [5.74, 6) is -1.59. The molecule has 0 bridgehead atoms. The smallest absolute Gasteiger partial charge is 0.328 e. The van der Waals surface area contributed by atoms with Crippen LogP contribution in [0.3, 0.4) is 0 Å². The third-order valence-electron chi connectivity index (χ3n) is 1.57. The summed E-state index contributed by atoms with van der Waals surface area (Å²) in [4.78, 5) is 21.1. The van der Waals surface area contributed by atoms with Gasteiger partial charge < -0.3 is 15.6 Å². The molecule has 0 rings (SSSR count). The fourth-order valence-electron chi connectivity index (χ4n) is 0.648. The molecule has 5 heteroatoms. The largest absolute Gasteiger partial charge is 0.478 e. The predicted molar refractivity (Wildman–Crippen MR) is 50.5 cm³/mol. The van der Waals surface area contributed by atoms with Gasteiger partial charge in [0.2, 0.25) is 0 Å². The molecular weight excluding hydrogens is 186 g/mol. The van der Waals surface area contributed by atoms with Gasteiger partial charge in [-0.25, -0.2) is 4.79 Å². The molecular formula is C9H15NO4. The number of carboxylic acid groups (broad SMARTS) is 1. The van der Waals surface area contributed by atoms with E-state index in [4.69, 9.17) is 15.6 Å². The van der Waals surface area contributed by atoms with E-state index >= 15 is 0 Å². The number of rotatable bonds is 5. The third-order valence-corrected chi connectivity index (χ3v) is 1.57. The number of carbonyl (C=O) groups excluding carboxylic acids is 1. The van der Waals surface area contributed by atoms with Crippen LogP contribution in [-0.2, 0) is 14.3 Å². The van der Waals surface area contributed by atoms with Crippen LogP contribution in [0.5, 0.6) is 0 Å². The fraction of sp³-hybridized carbons (Fsp3) is 0.556. The summed E-state index contributed by atoms with van der Waals surface area (Å²) in [6, 6.07) is -0.659. The standard InChI is InChI=1S/C9H15NO4/c1-6(2)8(10)9(13)14-5-3-4-7(11)12/h3-4,6,8H,5,10H2,1-2H3,(H,11,12). The molecule has 0 saturated carbocycles. The van der Waals surface area contributed by atoms with Gasteiger partial charge in [0, 0.05) is 6.08 Å². The van der Waals surface area contributed by atoms with E-state index in [-0.39, 0.29) is 12.5 Å². The highest BCUT2D eigenvalue weighted by atomic mass is 16.5. The zero-order chi connectivity index (χ0) is 11.1. The molecule has 14 heavy (non-hydrogen) atoms. The highest BCUT2D eigenvalue weighted by molar-refractivity contribution is 5.80. The monoisotopic (exact) mass is 201 g/mol. The molecule has 0 amide bonds. The van der Waals surface area contributed by atoms with Crippen molar-refractivity contribution in [2.24, 2.45) is 11.7 Å². The number of esters is 1. The molecule has 3 N–H and O–H groups in total. The highest BCUT2D eigenvalue weighted by Crippen LogP contribution is 2.00. The van der Waals surface area contributed by atoms with Gasteiger partial charge in [-0.3, -0.25) is 4.79 Å². The van der Waals surface area contributed by atoms with Crippen LogP contribution in [0.4, 0.5) is 0 Å². The molecule has 1 unspecified atom stereocenters. The molecule has 5 nitrogen and oxygen atoms in total. The van der Waals surface area contributed by atoms with E-state index in [0.29, 0.717) is 0 Å². The number of carbonyl (C=O) groups is 2. The van der Waals surface area contributed by atoms with Crippen LogP contribution in [0.1, 0.15) is 13.8 Å². The highest BCUT2D eigenvalue weighted by Gasteiger charge is 2.17. The zero-order valence-corrected chi connectivity index (χ0v) is 8.27. The number of hydrogen-bond acceptors (Lipinski definition) is 4. The number of aliphatic carboxylic acids is 1. The summed E-state index contributed by atoms with van der Waals surface area (Å²) in [6.45, 7) is 3.55. The third kappa shape index (κ3) is 5.31. The predicted octanol–water partition coefficient (Wildman–Crippen LogP) is 0.154. The zero-order valence-electron chi connectivity index (χ0n) is 8.27. The Morgan fingerprint density at radius 2 is 2.07 bits per heavy atom. The number of nitrogens with two attached hydrogens (primary N) is 1. The summed E-state index contributed by atoms with van der Waals surface area (Å²) in [5.41, 5.74) is 5.49. The van der Waals surface area contributed by atoms with Crippen molar-refractivity contribution in [3.05, 3.63) is 12.2 Å². The first-order valence-electron chi connectivity index (χ1n) is 4.26. The Hall–Kier alpha value is -1.36. The quantitative estimate of drug-likeness (QED) is 0.488. The van der Waals surface area contributed by atoms with Gasteiger partial charge in [0.15, 0.2) is 0 Å². The normalized spacial score (nSPS) is 13.1. The summed E-state index contributed by atoms with van der Waals surface area (Å²) in [5, 5.41) is 8.22. The van der Waals surface area contributed by atoms with E-state index in [9.17, 15) is 9.59 Å². The average Bonchev–Trinajstić information content (AvgIpc) is 2.10. The number of ether oxygens (including phenoxy) is 1. The first-order valence-corrected chi connectivity index (χ1v) is 4.26. The molecule has 0 aromatic rings. The van der Waals surface area contributed by atoms with Gasteiger partial charge in [-0.2, -0.15) is 0 Å². The van der Waals surface area contributed by atoms with Crippen molar-refractivity contribution in [3.8, 4) is 0 Å². The molecule has 0 radical (unpaired) electrons. The molecule has 0 aliphatic carbocycles. The van der Waals surface area contributed by atoms with Gasteiger partial charge >= 0.3 is 11.9 Å². The minimum atomic E-state index is -1.07. The molecule has 0 heterocycles. The van der Waals surface area contributed by atoms with Gasteiger partial charge in [-0.15, -0.1) is 0 Å². The maximum Gasteiger partial charge on any atom is 0.328 e. The molecule has 0 aromatic carbocycles. The summed E-state index contributed by atoms with van der Waals surface area (Å²) in [7, 11) is 0. The van der Waals surface area contributed by atoms with Crippen molar-refractivity contribution >= 4 is 11.9 Å². The lowest BCUT2D eigenvalue weighted by Crippen LogP contribution is -2.37. The molecule has 1 atom stereocenters. The second kappa shape index (κ2) is 6.15. The van der Waals surface area contributed by atoms with Crippen LogP contribution in [0.25, 0.3) is 0 Å². The van der Waals surface area contributed by atoms with Crippen LogP contribution >= 0.6 is 0 Å². The Kier molecular flexibility index (Phi) is 5.55. The summed E-state index contributed by atoms with van der Waals surface area (Å²) >= 11 is 0. The van der Waals surface area contributed by atoms with E-state index in [1.165, 1.54) is 6.08 Å². The van der Waals surface area contributed by atoms with Crippen molar-refractivity contribution in [2.75, 3.05) is 6.61 Å². The minimum Gasteiger partial charge on any atom is -0.478 e. The van der Waals surface area contributed by atoms with Crippen molar-refractivity contribution in [3.63, 3.8) is 0 Å². The minimum absolute atomic E-state index is 0.00551. The van der Waals surface area contributed by atoms with Gasteiger partial charge in [-0.1, -0.05) is 13.8 Å². The van der Waals surface area contributed by atoms with Crippen molar-refractivity contribution in [2.45, 2.75) is 19.9 Å². The SMILES string of the molecule is CC(C)C(N)C(=O)OCC=CC(=O)O. The van der Waals surface area contributed by atoms with Crippen LogP contribution in [0.2, 0.25) is 0 Å². The summed E-state index contributed by atoms with van der Waals surface area (Å²) in [6.07, 6.45) is 2.15. The Labute approximate surface area is 82.5 Å². The van der Waals surface area contributed by atoms with Crippen LogP contribution < -0.4 is 5.73 Å². The van der Waals surface area contributed by atoms with Gasteiger partial charge in [0.05, 0.1) is 0 Å². The lowest BCUT2D eigenvalue weighted by molar-refractivity contribution is -0.145. The Bertz CT molecular complexity index is 235. The van der Waals surface area contributed by atoms with Crippen molar-refractivity contribution in [1.29, 1.82) is 0 Å². The second-order valence-corrected chi connectivity index (χ2v) is 3.14. The van der Waals surface area contributed by atoms with E-state index in [1.807, 2.05) is 0 Å². The molecule has 80 valence electrons. The first kappa shape index (κ1) is 12.6. The Balaban J connectivity index is 3.80. The second-order valence-electron chi connectivity index (χ2n) is 3.14. The average molecular weight is 201 g/mol. The van der Waals surface area contributed by atoms with Crippen LogP contribution in [0, 0.1) is 5.92 Å². The molecule has 0 aliphatic rings. The molecule has 0 aliphatic heterocycles. The van der Waals surface area contributed by atoms with Crippen molar-refractivity contribution in [1.82, 2.24) is 0 Å². The Morgan fingerprint density at radius 1 is 1.50 bits per heavy atom. The van der Waals surface area contributed by atoms with E-state index < -0.39 is 18.0 Å². The fourth-order valence-corrected chi connectivity index (χ4v) is 0.648. The maximum atomic E-state index is 11.1. The molecule has 0 saturated heterocycles. The summed E-state index contributed by atoms with van der Waals surface area (Å²) < 4.78 is 4.70. The Morgan fingerprint density at radius 3 is 2.50 bits per heavy atom. The molecule has 0 aromatic heterocycles. The van der Waals surface area contributed by atoms with Crippen molar-refractivity contribution < 1.29 is 19.4 Å². The molecule has 0 fully saturated rings. The lowest BCUT2D eigenvalue weighted by atomic mass is 10.1. The van der Waals surface area contributed by atoms with E-state index in [0.717, 1.165) is 6.08 Å². The lowest BCUT2D eigenvalue weighted by Gasteiger charge is -2.13. The van der Waals surface area contributed by atoms with Gasteiger partial charge in [0.1, 0.15) is 12.6 Å². The number of hydrogen-bond donors (Lipinski definition) is 2. The number of carboxylic acids is 1. The van der Waals surface area contributed by atoms with Crippen LogP contribution in [0.15, 0.2) is 12.2 Å². The van der Waals surface area contributed by atoms with E-state index in [1.54, 1.807) is 13.8 Å². The van der Waals surface area contributed by atoms with E-state index in [2.05, 4.69) is 0 Å². The maximum absolute atomic E-state index is 11.1. The van der Waals surface area contributed by atoms with Gasteiger partial charge in [-0.05, 0) is 12.0 Å². The first-order chi connectivity index (χ1) is 6.45. The topological polar surface area (TPSA) is 89.6 Å². The van der Waals surface area contributed by atoms with Gasteiger partial charge in [0.25, 0.3) is 0 Å².